The third kappa shape index (κ3) is 5.54. The summed E-state index contributed by atoms with van der Waals surface area (Å²) in [6.45, 7) is 11.2. The van der Waals surface area contributed by atoms with E-state index < -0.39 is 0 Å². The second-order valence-electron chi connectivity index (χ2n) is 6.13. The monoisotopic (exact) mass is 336 g/mol. The predicted molar refractivity (Wildman–Crippen MR) is 90.0 cm³/mol. The standard InChI is InChI=1S/C17H25BrN2/c1-13(2)7-9-20(10-8-14(3)4)17-6-5-15(12-19)11-16(17)18/h5-6,11,13-14H,7-10H2,1-4H3. The van der Waals surface area contributed by atoms with Crippen LogP contribution in [0.15, 0.2) is 22.7 Å². The van der Waals surface area contributed by atoms with Crippen LogP contribution >= 0.6 is 15.9 Å². The fourth-order valence-electron chi connectivity index (χ4n) is 2.01. The molecule has 0 saturated heterocycles. The largest absolute Gasteiger partial charge is 0.371 e. The molecule has 0 atom stereocenters. The fraction of sp³-hybridized carbons (Fsp3) is 0.588. The Balaban J connectivity index is 2.88. The SMILES string of the molecule is CC(C)CCN(CCC(C)C)c1ccc(C#N)cc1Br. The van der Waals surface area contributed by atoms with Crippen molar-refractivity contribution in [3.05, 3.63) is 28.2 Å². The highest BCUT2D eigenvalue weighted by molar-refractivity contribution is 9.10. The van der Waals surface area contributed by atoms with Gasteiger partial charge in [0.05, 0.1) is 17.3 Å². The molecule has 20 heavy (non-hydrogen) atoms. The minimum absolute atomic E-state index is 0.702. The van der Waals surface area contributed by atoms with Gasteiger partial charge < -0.3 is 4.90 Å². The molecule has 3 heteroatoms. The van der Waals surface area contributed by atoms with Gasteiger partial charge in [-0.25, -0.2) is 0 Å². The van der Waals surface area contributed by atoms with Crippen LogP contribution in [0.1, 0.15) is 46.1 Å². The lowest BCUT2D eigenvalue weighted by molar-refractivity contribution is 0.535. The van der Waals surface area contributed by atoms with E-state index in [1.54, 1.807) is 0 Å². The van der Waals surface area contributed by atoms with Crippen molar-refractivity contribution in [2.45, 2.75) is 40.5 Å². The third-order valence-corrected chi connectivity index (χ3v) is 4.01. The molecule has 0 aliphatic heterocycles. The van der Waals surface area contributed by atoms with Gasteiger partial charge in [-0.3, -0.25) is 0 Å². The number of halogens is 1. The Bertz CT molecular complexity index is 449. The second-order valence-corrected chi connectivity index (χ2v) is 6.98. The Kier molecular flexibility index (Phi) is 7.09. The Morgan fingerprint density at radius 2 is 1.65 bits per heavy atom. The topological polar surface area (TPSA) is 27.0 Å². The normalized spacial score (nSPS) is 10.9. The number of rotatable bonds is 7. The van der Waals surface area contributed by atoms with Crippen molar-refractivity contribution < 1.29 is 0 Å². The maximum atomic E-state index is 8.96. The molecule has 0 aliphatic rings. The number of hydrogen-bond donors (Lipinski definition) is 0. The van der Waals surface area contributed by atoms with Crippen molar-refractivity contribution >= 4 is 21.6 Å². The van der Waals surface area contributed by atoms with E-state index in [2.05, 4.69) is 60.7 Å². The molecular weight excluding hydrogens is 312 g/mol. The van der Waals surface area contributed by atoms with Crippen molar-refractivity contribution in [3.63, 3.8) is 0 Å². The minimum atomic E-state index is 0.702. The molecule has 2 nitrogen and oxygen atoms in total. The molecule has 0 fully saturated rings. The lowest BCUT2D eigenvalue weighted by atomic mass is 10.1. The minimum Gasteiger partial charge on any atom is -0.371 e. The van der Waals surface area contributed by atoms with Crippen LogP contribution < -0.4 is 4.90 Å². The van der Waals surface area contributed by atoms with Crippen molar-refractivity contribution in [2.24, 2.45) is 11.8 Å². The smallest absolute Gasteiger partial charge is 0.0992 e. The third-order valence-electron chi connectivity index (χ3n) is 3.37. The van der Waals surface area contributed by atoms with Gasteiger partial charge in [0.1, 0.15) is 0 Å². The van der Waals surface area contributed by atoms with Crippen molar-refractivity contribution in [1.29, 1.82) is 5.26 Å². The van der Waals surface area contributed by atoms with Gasteiger partial charge >= 0.3 is 0 Å². The molecule has 0 aliphatic carbocycles. The molecule has 0 N–H and O–H groups in total. The van der Waals surface area contributed by atoms with E-state index in [9.17, 15) is 0 Å². The van der Waals surface area contributed by atoms with Gasteiger partial charge in [-0.1, -0.05) is 27.7 Å². The summed E-state index contributed by atoms with van der Waals surface area (Å²) in [5, 5.41) is 8.96. The molecule has 0 heterocycles. The van der Waals surface area contributed by atoms with Gasteiger partial charge in [0, 0.05) is 17.6 Å². The summed E-state index contributed by atoms with van der Waals surface area (Å²) < 4.78 is 1.02. The highest BCUT2D eigenvalue weighted by atomic mass is 79.9. The van der Waals surface area contributed by atoms with Crippen LogP contribution in [-0.2, 0) is 0 Å². The summed E-state index contributed by atoms with van der Waals surface area (Å²) in [7, 11) is 0. The molecule has 0 aromatic heterocycles. The van der Waals surface area contributed by atoms with Gasteiger partial charge in [-0.15, -0.1) is 0 Å². The van der Waals surface area contributed by atoms with Crippen LogP contribution in [0.2, 0.25) is 0 Å². The van der Waals surface area contributed by atoms with E-state index in [0.717, 1.165) is 17.6 Å². The second kappa shape index (κ2) is 8.32. The molecule has 1 aromatic carbocycles. The van der Waals surface area contributed by atoms with Crippen LogP contribution in [0, 0.1) is 23.2 Å². The molecule has 1 aromatic rings. The Hall–Kier alpha value is -1.01. The zero-order valence-electron chi connectivity index (χ0n) is 13.0. The number of anilines is 1. The predicted octanol–water partition coefficient (Wildman–Crippen LogP) is 5.22. The fourth-order valence-corrected chi connectivity index (χ4v) is 2.64. The van der Waals surface area contributed by atoms with Crippen molar-refractivity contribution in [1.82, 2.24) is 0 Å². The first-order valence-electron chi connectivity index (χ1n) is 7.38. The molecule has 0 amide bonds. The molecule has 0 unspecified atom stereocenters. The molecule has 0 bridgehead atoms. The summed E-state index contributed by atoms with van der Waals surface area (Å²) in [5.41, 5.74) is 1.90. The maximum absolute atomic E-state index is 8.96. The lowest BCUT2D eigenvalue weighted by Gasteiger charge is -2.27. The quantitative estimate of drug-likeness (QED) is 0.682. The number of benzene rings is 1. The Labute approximate surface area is 131 Å². The van der Waals surface area contributed by atoms with E-state index in [-0.39, 0.29) is 0 Å². The first kappa shape index (κ1) is 17.0. The zero-order valence-corrected chi connectivity index (χ0v) is 14.6. The Morgan fingerprint density at radius 1 is 1.10 bits per heavy atom. The maximum Gasteiger partial charge on any atom is 0.0992 e. The van der Waals surface area contributed by atoms with Crippen LogP contribution in [0.4, 0.5) is 5.69 Å². The molecular formula is C17H25BrN2. The molecule has 0 spiro atoms. The summed E-state index contributed by atoms with van der Waals surface area (Å²) >= 11 is 3.61. The van der Waals surface area contributed by atoms with E-state index in [0.29, 0.717) is 17.4 Å². The average Bonchev–Trinajstić information content (AvgIpc) is 2.39. The van der Waals surface area contributed by atoms with Gasteiger partial charge in [-0.05, 0) is 58.8 Å². The summed E-state index contributed by atoms with van der Waals surface area (Å²) in [5.74, 6) is 1.41. The lowest BCUT2D eigenvalue weighted by Crippen LogP contribution is -2.27. The van der Waals surface area contributed by atoms with E-state index in [1.165, 1.54) is 18.5 Å². The van der Waals surface area contributed by atoms with Crippen LogP contribution in [-0.4, -0.2) is 13.1 Å². The first-order valence-corrected chi connectivity index (χ1v) is 8.18. The van der Waals surface area contributed by atoms with Crippen LogP contribution in [0.25, 0.3) is 0 Å². The van der Waals surface area contributed by atoms with Gasteiger partial charge in [0.15, 0.2) is 0 Å². The first-order chi connectivity index (χ1) is 9.43. The van der Waals surface area contributed by atoms with Gasteiger partial charge in [0.25, 0.3) is 0 Å². The average molecular weight is 337 g/mol. The van der Waals surface area contributed by atoms with E-state index >= 15 is 0 Å². The van der Waals surface area contributed by atoms with Crippen LogP contribution in [0.5, 0.6) is 0 Å². The molecule has 0 radical (unpaired) electrons. The highest BCUT2D eigenvalue weighted by Crippen LogP contribution is 2.28. The number of hydrogen-bond acceptors (Lipinski definition) is 2. The summed E-state index contributed by atoms with van der Waals surface area (Å²) in [4.78, 5) is 2.44. The van der Waals surface area contributed by atoms with E-state index in [4.69, 9.17) is 5.26 Å². The van der Waals surface area contributed by atoms with Crippen molar-refractivity contribution in [3.8, 4) is 6.07 Å². The van der Waals surface area contributed by atoms with Gasteiger partial charge in [-0.2, -0.15) is 5.26 Å². The van der Waals surface area contributed by atoms with Crippen molar-refractivity contribution in [2.75, 3.05) is 18.0 Å². The molecule has 1 rings (SSSR count). The number of nitriles is 1. The van der Waals surface area contributed by atoms with E-state index in [1.807, 2.05) is 12.1 Å². The highest BCUT2D eigenvalue weighted by Gasteiger charge is 2.12. The Morgan fingerprint density at radius 3 is 2.05 bits per heavy atom. The zero-order chi connectivity index (χ0) is 15.1. The number of nitrogens with zero attached hydrogens (tertiary/aromatic N) is 2. The summed E-state index contributed by atoms with van der Waals surface area (Å²) in [6.07, 6.45) is 2.37. The molecule has 0 saturated carbocycles. The van der Waals surface area contributed by atoms with Crippen LogP contribution in [0.3, 0.4) is 0 Å². The molecule has 110 valence electrons. The summed E-state index contributed by atoms with van der Waals surface area (Å²) in [6, 6.07) is 8.06. The van der Waals surface area contributed by atoms with Gasteiger partial charge in [0.2, 0.25) is 0 Å².